The number of hydrogen-bond donors (Lipinski definition) is 2. The number of nitrogens with zero attached hydrogens (tertiary/aromatic N) is 3. The van der Waals surface area contributed by atoms with Crippen molar-refractivity contribution in [3.8, 4) is 0 Å². The van der Waals surface area contributed by atoms with Crippen molar-refractivity contribution in [3.63, 3.8) is 0 Å². The lowest BCUT2D eigenvalue weighted by Gasteiger charge is -2.16. The lowest BCUT2D eigenvalue weighted by atomic mass is 10.3. The van der Waals surface area contributed by atoms with Crippen LogP contribution in [0.1, 0.15) is 38.8 Å². The third-order valence-electron chi connectivity index (χ3n) is 3.37. The largest absolute Gasteiger partial charge is 0.477 e. The van der Waals surface area contributed by atoms with Crippen LogP contribution in [0.5, 0.6) is 0 Å². The smallest absolute Gasteiger partial charge is 0.342 e. The topological polar surface area (TPSA) is 95.2 Å². The molecule has 2 aromatic rings. The molecule has 7 nitrogen and oxygen atoms in total. The summed E-state index contributed by atoms with van der Waals surface area (Å²) in [6.45, 7) is 7.77. The van der Waals surface area contributed by atoms with Gasteiger partial charge in [-0.2, -0.15) is 0 Å². The summed E-state index contributed by atoms with van der Waals surface area (Å²) in [6.07, 6.45) is 3.22. The van der Waals surface area contributed by atoms with E-state index in [1.54, 1.807) is 6.07 Å². The van der Waals surface area contributed by atoms with Crippen LogP contribution in [-0.2, 0) is 11.2 Å². The molecule has 0 bridgehead atoms. The number of nitrogens with one attached hydrogen (secondary N) is 1. The van der Waals surface area contributed by atoms with E-state index in [4.69, 9.17) is 4.42 Å². The molecule has 0 aliphatic heterocycles. The second-order valence-corrected chi connectivity index (χ2v) is 6.09. The van der Waals surface area contributed by atoms with E-state index in [9.17, 15) is 9.90 Å². The van der Waals surface area contributed by atoms with Crippen LogP contribution >= 0.6 is 11.8 Å². The van der Waals surface area contributed by atoms with Crippen molar-refractivity contribution in [2.24, 2.45) is 0 Å². The number of carbonyl (C=O) groups is 1. The Morgan fingerprint density at radius 1 is 1.38 bits per heavy atom. The Morgan fingerprint density at radius 3 is 2.75 bits per heavy atom. The number of hydrogen-bond acceptors (Lipinski definition) is 6. The Morgan fingerprint density at radius 2 is 2.12 bits per heavy atom. The van der Waals surface area contributed by atoms with Crippen molar-refractivity contribution in [3.05, 3.63) is 28.6 Å². The number of H-pyrrole nitrogens is 1. The van der Waals surface area contributed by atoms with Gasteiger partial charge in [0.15, 0.2) is 5.88 Å². The van der Waals surface area contributed by atoms with Crippen LogP contribution in [0.3, 0.4) is 0 Å². The first kappa shape index (κ1) is 18.1. The fraction of sp³-hybridized carbons (Fsp3) is 0.438. The molecule has 0 aliphatic carbocycles. The first-order valence-corrected chi connectivity index (χ1v) is 8.77. The number of carboxylic acid groups (broad SMARTS) is 1. The summed E-state index contributed by atoms with van der Waals surface area (Å²) in [5.74, 6) is 0.935. The molecular weight excluding hydrogens is 328 g/mol. The van der Waals surface area contributed by atoms with Crippen molar-refractivity contribution in [1.82, 2.24) is 15.2 Å². The van der Waals surface area contributed by atoms with E-state index in [2.05, 4.69) is 20.1 Å². The Bertz CT molecular complexity index is 704. The molecule has 130 valence electrons. The van der Waals surface area contributed by atoms with Crippen LogP contribution in [0.25, 0.3) is 6.08 Å². The SMILES string of the molecule is CCCc1nc(S/C(=C/c2ccc(N(CC)CC)o2)C(=O)O)n[nH]1. The second-order valence-electron chi connectivity index (χ2n) is 5.08. The van der Waals surface area contributed by atoms with E-state index in [0.717, 1.165) is 49.4 Å². The van der Waals surface area contributed by atoms with E-state index >= 15 is 0 Å². The summed E-state index contributed by atoms with van der Waals surface area (Å²) in [5.41, 5.74) is 0. The van der Waals surface area contributed by atoms with E-state index < -0.39 is 5.97 Å². The minimum absolute atomic E-state index is 0.109. The number of aromatic nitrogens is 3. The molecule has 0 saturated heterocycles. The molecule has 0 saturated carbocycles. The first-order valence-electron chi connectivity index (χ1n) is 7.96. The number of aryl methyl sites for hydroxylation is 1. The quantitative estimate of drug-likeness (QED) is 0.528. The van der Waals surface area contributed by atoms with Gasteiger partial charge in [-0.3, -0.25) is 5.10 Å². The normalized spacial score (nSPS) is 11.7. The van der Waals surface area contributed by atoms with E-state index in [0.29, 0.717) is 10.9 Å². The zero-order chi connectivity index (χ0) is 17.5. The molecule has 0 amide bonds. The molecular formula is C16H22N4O3S. The highest BCUT2D eigenvalue weighted by atomic mass is 32.2. The lowest BCUT2D eigenvalue weighted by Crippen LogP contribution is -2.20. The van der Waals surface area contributed by atoms with Gasteiger partial charge < -0.3 is 14.4 Å². The highest BCUT2D eigenvalue weighted by Gasteiger charge is 2.15. The van der Waals surface area contributed by atoms with Gasteiger partial charge in [0.25, 0.3) is 0 Å². The van der Waals surface area contributed by atoms with E-state index in [-0.39, 0.29) is 4.91 Å². The minimum atomic E-state index is -1.04. The minimum Gasteiger partial charge on any atom is -0.477 e. The average molecular weight is 350 g/mol. The van der Waals surface area contributed by atoms with E-state index in [1.807, 2.05) is 26.8 Å². The molecule has 2 heterocycles. The van der Waals surface area contributed by atoms with Gasteiger partial charge in [-0.25, -0.2) is 9.78 Å². The molecule has 0 spiro atoms. The maximum atomic E-state index is 11.5. The Labute approximate surface area is 145 Å². The third-order valence-corrected chi connectivity index (χ3v) is 4.25. The lowest BCUT2D eigenvalue weighted by molar-refractivity contribution is -0.131. The Balaban J connectivity index is 2.17. The van der Waals surface area contributed by atoms with Gasteiger partial charge in [-0.05, 0) is 38.1 Å². The number of carboxylic acids is 1. The second kappa shape index (κ2) is 8.58. The summed E-state index contributed by atoms with van der Waals surface area (Å²) < 4.78 is 5.71. The maximum Gasteiger partial charge on any atom is 0.342 e. The number of rotatable bonds is 9. The number of furan rings is 1. The number of aromatic amines is 1. The highest BCUT2D eigenvalue weighted by Crippen LogP contribution is 2.27. The fourth-order valence-electron chi connectivity index (χ4n) is 2.16. The first-order chi connectivity index (χ1) is 11.6. The molecule has 0 unspecified atom stereocenters. The molecule has 2 rings (SSSR count). The van der Waals surface area contributed by atoms with Gasteiger partial charge in [0.05, 0.1) is 0 Å². The summed E-state index contributed by atoms with van der Waals surface area (Å²) in [5, 5.41) is 16.7. The average Bonchev–Trinajstić information content (AvgIpc) is 3.18. The summed E-state index contributed by atoms with van der Waals surface area (Å²) >= 11 is 1.00. The summed E-state index contributed by atoms with van der Waals surface area (Å²) in [6, 6.07) is 3.60. The molecule has 0 fully saturated rings. The van der Waals surface area contributed by atoms with Gasteiger partial charge in [0, 0.05) is 31.7 Å². The Hall–Kier alpha value is -2.22. The van der Waals surface area contributed by atoms with Crippen molar-refractivity contribution in [2.75, 3.05) is 18.0 Å². The summed E-state index contributed by atoms with van der Waals surface area (Å²) in [4.78, 5) is 17.9. The predicted octanol–water partition coefficient (Wildman–Crippen LogP) is 3.41. The number of anilines is 1. The summed E-state index contributed by atoms with van der Waals surface area (Å²) in [7, 11) is 0. The highest BCUT2D eigenvalue weighted by molar-refractivity contribution is 8.04. The zero-order valence-electron chi connectivity index (χ0n) is 14.1. The van der Waals surface area contributed by atoms with Crippen LogP contribution in [0, 0.1) is 0 Å². The van der Waals surface area contributed by atoms with Gasteiger partial charge >= 0.3 is 5.97 Å². The predicted molar refractivity (Wildman–Crippen MR) is 94.1 cm³/mol. The van der Waals surface area contributed by atoms with E-state index in [1.165, 1.54) is 6.08 Å². The fourth-order valence-corrected chi connectivity index (χ4v) is 2.87. The van der Waals surface area contributed by atoms with Gasteiger partial charge in [-0.1, -0.05) is 6.92 Å². The number of aliphatic carboxylic acids is 1. The van der Waals surface area contributed by atoms with Gasteiger partial charge in [-0.15, -0.1) is 5.10 Å². The zero-order valence-corrected chi connectivity index (χ0v) is 14.9. The molecule has 0 radical (unpaired) electrons. The third kappa shape index (κ3) is 4.64. The monoisotopic (exact) mass is 350 g/mol. The molecule has 0 aromatic carbocycles. The van der Waals surface area contributed by atoms with Gasteiger partial charge in [0.1, 0.15) is 16.5 Å². The van der Waals surface area contributed by atoms with Crippen molar-refractivity contribution >= 4 is 29.7 Å². The Kier molecular flexibility index (Phi) is 6.48. The van der Waals surface area contributed by atoms with Crippen LogP contribution in [0.4, 0.5) is 5.88 Å². The van der Waals surface area contributed by atoms with Crippen molar-refractivity contribution in [1.29, 1.82) is 0 Å². The van der Waals surface area contributed by atoms with Crippen LogP contribution in [0.2, 0.25) is 0 Å². The molecule has 2 N–H and O–H groups in total. The maximum absolute atomic E-state index is 11.5. The molecule has 0 aliphatic rings. The molecule has 0 atom stereocenters. The van der Waals surface area contributed by atoms with Crippen molar-refractivity contribution in [2.45, 2.75) is 38.8 Å². The molecule has 8 heteroatoms. The van der Waals surface area contributed by atoms with Gasteiger partial charge in [0.2, 0.25) is 5.16 Å². The molecule has 24 heavy (non-hydrogen) atoms. The van der Waals surface area contributed by atoms with Crippen LogP contribution in [0.15, 0.2) is 26.6 Å². The van der Waals surface area contributed by atoms with Crippen LogP contribution < -0.4 is 4.90 Å². The van der Waals surface area contributed by atoms with Crippen molar-refractivity contribution < 1.29 is 14.3 Å². The number of thioether (sulfide) groups is 1. The molecule has 2 aromatic heterocycles. The standard InChI is InChI=1S/C16H22N4O3S/c1-4-7-13-17-16(19-18-13)24-12(15(21)22)10-11-8-9-14(23-11)20(5-2)6-3/h8-10H,4-7H2,1-3H3,(H,21,22)(H,17,18,19)/b12-10+. The van der Waals surface area contributed by atoms with Crippen LogP contribution in [-0.4, -0.2) is 39.3 Å².